The lowest BCUT2D eigenvalue weighted by Gasteiger charge is -2.35. The van der Waals surface area contributed by atoms with Crippen molar-refractivity contribution >= 4 is 36.2 Å². The highest BCUT2D eigenvalue weighted by atomic mass is 31.2. The first-order valence-electron chi connectivity index (χ1n) is 10.9. The molecule has 0 spiro atoms. The van der Waals surface area contributed by atoms with Crippen molar-refractivity contribution < 1.29 is 23.8 Å². The maximum Gasteiger partial charge on any atom is 0.367 e. The standard InChI is InChI=1S/C20H34N7O5P/c1-7-16(8-2)25-32-33(30,27(13(3)4)15(6)20(28)29)12-31-14(5)9-26-11-24-17-18(21)22-10-23-19(17)26/h10-11,13-15H,7-9,12H2,1-6H3,(H,28,29)(H2,21,22,23)/t14-,15+,33?/m1/s1. The van der Waals surface area contributed by atoms with Gasteiger partial charge in [-0.05, 0) is 40.5 Å². The number of nitrogen functional groups attached to an aromatic ring is 1. The Morgan fingerprint density at radius 3 is 2.48 bits per heavy atom. The maximum absolute atomic E-state index is 14.0. The summed E-state index contributed by atoms with van der Waals surface area (Å²) in [6.07, 6.45) is 3.43. The van der Waals surface area contributed by atoms with E-state index in [0.29, 0.717) is 30.6 Å². The second-order valence-corrected chi connectivity index (χ2v) is 10.2. The molecule has 2 rings (SSSR count). The monoisotopic (exact) mass is 483 g/mol. The van der Waals surface area contributed by atoms with Crippen LogP contribution < -0.4 is 5.73 Å². The molecule has 0 amide bonds. The molecule has 33 heavy (non-hydrogen) atoms. The number of anilines is 1. The summed E-state index contributed by atoms with van der Waals surface area (Å²) in [4.78, 5) is 24.1. The molecule has 0 aliphatic carbocycles. The first-order valence-corrected chi connectivity index (χ1v) is 12.7. The van der Waals surface area contributed by atoms with E-state index in [1.807, 2.05) is 13.8 Å². The van der Waals surface area contributed by atoms with Crippen LogP contribution in [0.15, 0.2) is 17.8 Å². The van der Waals surface area contributed by atoms with Gasteiger partial charge in [-0.3, -0.25) is 9.36 Å². The van der Waals surface area contributed by atoms with Crippen LogP contribution in [0.4, 0.5) is 5.82 Å². The van der Waals surface area contributed by atoms with Gasteiger partial charge in [-0.25, -0.2) is 19.6 Å². The van der Waals surface area contributed by atoms with Gasteiger partial charge < -0.3 is 24.8 Å². The molecule has 2 aromatic rings. The molecule has 2 aromatic heterocycles. The fraction of sp³-hybridized carbons (Fsp3) is 0.650. The first kappa shape index (κ1) is 26.7. The molecule has 0 bridgehead atoms. The van der Waals surface area contributed by atoms with E-state index in [0.717, 1.165) is 5.71 Å². The number of nitrogens with zero attached hydrogens (tertiary/aromatic N) is 6. The van der Waals surface area contributed by atoms with Gasteiger partial charge in [-0.2, -0.15) is 0 Å². The van der Waals surface area contributed by atoms with Gasteiger partial charge in [-0.1, -0.05) is 19.0 Å². The zero-order chi connectivity index (χ0) is 24.8. The Morgan fingerprint density at radius 2 is 1.91 bits per heavy atom. The molecule has 0 aliphatic rings. The highest BCUT2D eigenvalue weighted by Gasteiger charge is 2.42. The summed E-state index contributed by atoms with van der Waals surface area (Å²) in [7, 11) is -3.80. The van der Waals surface area contributed by atoms with Gasteiger partial charge in [0.05, 0.1) is 24.7 Å². The van der Waals surface area contributed by atoms with E-state index < -0.39 is 25.6 Å². The third-order valence-electron chi connectivity index (χ3n) is 5.15. The third-order valence-corrected chi connectivity index (χ3v) is 7.48. The fourth-order valence-corrected chi connectivity index (χ4v) is 5.67. The molecule has 3 N–H and O–H groups in total. The molecule has 0 fully saturated rings. The van der Waals surface area contributed by atoms with Crippen molar-refractivity contribution in [1.29, 1.82) is 0 Å². The summed E-state index contributed by atoms with van der Waals surface area (Å²) in [5.41, 5.74) is 7.60. The van der Waals surface area contributed by atoms with Crippen molar-refractivity contribution in [2.75, 3.05) is 12.1 Å². The van der Waals surface area contributed by atoms with E-state index in [1.54, 1.807) is 31.7 Å². The van der Waals surface area contributed by atoms with E-state index in [9.17, 15) is 14.5 Å². The zero-order valence-electron chi connectivity index (χ0n) is 20.0. The van der Waals surface area contributed by atoms with Crippen molar-refractivity contribution in [1.82, 2.24) is 24.2 Å². The number of fused-ring (bicyclic) bond motifs is 1. The predicted molar refractivity (Wildman–Crippen MR) is 126 cm³/mol. The van der Waals surface area contributed by atoms with E-state index in [-0.39, 0.29) is 18.2 Å². The average molecular weight is 484 g/mol. The Labute approximate surface area is 193 Å². The number of aromatic nitrogens is 4. The number of carboxylic acid groups (broad SMARTS) is 1. The van der Waals surface area contributed by atoms with E-state index in [2.05, 4.69) is 20.1 Å². The highest BCUT2D eigenvalue weighted by molar-refractivity contribution is 7.56. The number of nitrogens with two attached hydrogens (primary N) is 1. The topological polar surface area (TPSA) is 158 Å². The molecule has 1 unspecified atom stereocenters. The number of carboxylic acids is 1. The van der Waals surface area contributed by atoms with Crippen LogP contribution in [-0.4, -0.2) is 65.5 Å². The molecular formula is C20H34N7O5P. The quantitative estimate of drug-likeness (QED) is 0.246. The number of ether oxygens (including phenoxy) is 1. The third kappa shape index (κ3) is 6.49. The highest BCUT2D eigenvalue weighted by Crippen LogP contribution is 2.54. The molecule has 13 heteroatoms. The van der Waals surface area contributed by atoms with E-state index in [1.165, 1.54) is 17.9 Å². The number of hydrogen-bond acceptors (Lipinski definition) is 9. The van der Waals surface area contributed by atoms with Gasteiger partial charge in [0, 0.05) is 6.04 Å². The van der Waals surface area contributed by atoms with E-state index in [4.69, 9.17) is 15.1 Å². The summed E-state index contributed by atoms with van der Waals surface area (Å²) >= 11 is 0. The second kappa shape index (κ2) is 11.5. The van der Waals surface area contributed by atoms with Gasteiger partial charge in [0.25, 0.3) is 0 Å². The molecule has 0 saturated heterocycles. The lowest BCUT2D eigenvalue weighted by molar-refractivity contribution is -0.141. The van der Waals surface area contributed by atoms with Crippen LogP contribution >= 0.6 is 7.52 Å². The van der Waals surface area contributed by atoms with Gasteiger partial charge in [-0.15, -0.1) is 0 Å². The van der Waals surface area contributed by atoms with Crippen molar-refractivity contribution in [3.05, 3.63) is 12.7 Å². The van der Waals surface area contributed by atoms with Crippen molar-refractivity contribution in [3.8, 4) is 0 Å². The smallest absolute Gasteiger partial charge is 0.367 e. The number of rotatable bonds is 13. The number of hydrogen-bond donors (Lipinski definition) is 2. The largest absolute Gasteiger partial charge is 0.480 e. The lowest BCUT2D eigenvalue weighted by atomic mass is 10.2. The van der Waals surface area contributed by atoms with Crippen LogP contribution in [0, 0.1) is 0 Å². The molecule has 12 nitrogen and oxygen atoms in total. The average Bonchev–Trinajstić information content (AvgIpc) is 3.17. The Morgan fingerprint density at radius 1 is 1.24 bits per heavy atom. The van der Waals surface area contributed by atoms with Crippen LogP contribution in [0.25, 0.3) is 11.2 Å². The van der Waals surface area contributed by atoms with Crippen LogP contribution in [0.2, 0.25) is 0 Å². The minimum Gasteiger partial charge on any atom is -0.480 e. The van der Waals surface area contributed by atoms with Crippen LogP contribution in [-0.2, 0) is 25.3 Å². The van der Waals surface area contributed by atoms with Crippen LogP contribution in [0.1, 0.15) is 54.4 Å². The minimum atomic E-state index is -3.80. The minimum absolute atomic E-state index is 0.279. The summed E-state index contributed by atoms with van der Waals surface area (Å²) in [6, 6.07) is -1.45. The van der Waals surface area contributed by atoms with Gasteiger partial charge in [0.1, 0.15) is 24.2 Å². The molecule has 0 saturated carbocycles. The number of oxime groups is 1. The molecule has 0 radical (unpaired) electrons. The van der Waals surface area contributed by atoms with Gasteiger partial charge >= 0.3 is 13.5 Å². The number of aliphatic carboxylic acids is 1. The number of imidazole rings is 1. The predicted octanol–water partition coefficient (Wildman–Crippen LogP) is 3.34. The SMILES string of the molecule is CCC(CC)=NOP(=O)(CO[C@H](C)Cn1cnc2c(N)ncnc21)N(C(C)C)[C@@H](C)C(=O)O. The van der Waals surface area contributed by atoms with Crippen molar-refractivity contribution in [2.45, 2.75) is 79.1 Å². The maximum atomic E-state index is 14.0. The zero-order valence-corrected chi connectivity index (χ0v) is 20.9. The van der Waals surface area contributed by atoms with Crippen LogP contribution in [0.5, 0.6) is 0 Å². The van der Waals surface area contributed by atoms with Gasteiger partial charge in [0.2, 0.25) is 0 Å². The Hall–Kier alpha value is -2.56. The fourth-order valence-electron chi connectivity index (χ4n) is 3.39. The molecule has 0 aliphatic heterocycles. The first-order chi connectivity index (χ1) is 15.5. The molecule has 184 valence electrons. The second-order valence-electron chi connectivity index (χ2n) is 8.01. The Bertz CT molecular complexity index is 1020. The Balaban J connectivity index is 2.25. The summed E-state index contributed by atoms with van der Waals surface area (Å²) in [5, 5.41) is 13.7. The number of carbonyl (C=O) groups is 1. The van der Waals surface area contributed by atoms with Crippen molar-refractivity contribution in [2.24, 2.45) is 5.16 Å². The molecule has 2 heterocycles. The normalized spacial score (nSPS) is 15.4. The van der Waals surface area contributed by atoms with Crippen LogP contribution in [0.3, 0.4) is 0 Å². The molecule has 3 atom stereocenters. The lowest BCUT2D eigenvalue weighted by Crippen LogP contribution is -2.42. The molecule has 0 aromatic carbocycles. The Kier molecular flexibility index (Phi) is 9.33. The van der Waals surface area contributed by atoms with Crippen molar-refractivity contribution in [3.63, 3.8) is 0 Å². The summed E-state index contributed by atoms with van der Waals surface area (Å²) < 4.78 is 28.5. The summed E-state index contributed by atoms with van der Waals surface area (Å²) in [5.74, 6) is -0.834. The van der Waals surface area contributed by atoms with Gasteiger partial charge in [0.15, 0.2) is 11.5 Å². The summed E-state index contributed by atoms with van der Waals surface area (Å²) in [6.45, 7) is 11.0. The van der Waals surface area contributed by atoms with E-state index >= 15 is 0 Å². The molecular weight excluding hydrogens is 449 g/mol.